The summed E-state index contributed by atoms with van der Waals surface area (Å²) in [4.78, 5) is 11.9. The van der Waals surface area contributed by atoms with Gasteiger partial charge >= 0.3 is 0 Å². The molecular weight excluding hydrogens is 327 g/mol. The van der Waals surface area contributed by atoms with Crippen molar-refractivity contribution in [2.75, 3.05) is 7.11 Å². The van der Waals surface area contributed by atoms with Crippen LogP contribution in [0.5, 0.6) is 11.5 Å². The van der Waals surface area contributed by atoms with E-state index >= 15 is 0 Å². The molecule has 2 rings (SSSR count). The maximum atomic E-state index is 11.9. The van der Waals surface area contributed by atoms with Crippen LogP contribution in [-0.4, -0.2) is 24.3 Å². The monoisotopic (exact) mass is 338 g/mol. The van der Waals surface area contributed by atoms with Gasteiger partial charge in [0.15, 0.2) is 11.5 Å². The normalized spacial score (nSPS) is 10.7. The van der Waals surface area contributed by atoms with E-state index in [0.29, 0.717) is 16.3 Å². The molecule has 0 saturated carbocycles. The zero-order chi connectivity index (χ0) is 16.1. The molecule has 0 radical (unpaired) electrons. The van der Waals surface area contributed by atoms with Crippen molar-refractivity contribution in [1.82, 2.24) is 5.43 Å². The molecule has 0 spiro atoms. The molecule has 0 aromatic heterocycles. The summed E-state index contributed by atoms with van der Waals surface area (Å²) < 4.78 is 4.93. The van der Waals surface area contributed by atoms with Crippen molar-refractivity contribution in [3.05, 3.63) is 57.6 Å². The number of hydrogen-bond acceptors (Lipinski definition) is 4. The fourth-order valence-corrected chi connectivity index (χ4v) is 2.06. The van der Waals surface area contributed by atoms with Crippen LogP contribution in [-0.2, 0) is 0 Å². The number of nitrogens with one attached hydrogen (secondary N) is 1. The van der Waals surface area contributed by atoms with Gasteiger partial charge in [-0.25, -0.2) is 5.43 Å². The Labute approximate surface area is 137 Å². The smallest absolute Gasteiger partial charge is 0.272 e. The highest BCUT2D eigenvalue weighted by Crippen LogP contribution is 2.25. The van der Waals surface area contributed by atoms with E-state index in [4.69, 9.17) is 27.9 Å². The van der Waals surface area contributed by atoms with Crippen LogP contribution in [0.4, 0.5) is 0 Å². The Bertz CT molecular complexity index is 733. The summed E-state index contributed by atoms with van der Waals surface area (Å²) in [5.41, 5.74) is 3.16. The fraction of sp³-hybridized carbons (Fsp3) is 0.0667. The molecule has 0 atom stereocenters. The van der Waals surface area contributed by atoms with Gasteiger partial charge in [0.1, 0.15) is 0 Å². The number of rotatable bonds is 4. The quantitative estimate of drug-likeness (QED) is 0.662. The van der Waals surface area contributed by atoms with Crippen molar-refractivity contribution >= 4 is 35.3 Å². The molecule has 2 aromatic carbocycles. The minimum absolute atomic E-state index is 0.0179. The van der Waals surface area contributed by atoms with Gasteiger partial charge in [-0.3, -0.25) is 4.79 Å². The maximum Gasteiger partial charge on any atom is 0.272 e. The lowest BCUT2D eigenvalue weighted by atomic mass is 10.2. The number of hydrogen-bond donors (Lipinski definition) is 2. The average Bonchev–Trinajstić information content (AvgIpc) is 2.49. The van der Waals surface area contributed by atoms with E-state index in [-0.39, 0.29) is 16.3 Å². The molecule has 0 aliphatic heterocycles. The third kappa shape index (κ3) is 3.90. The Kier molecular flexibility index (Phi) is 5.25. The molecule has 0 unspecified atom stereocenters. The maximum absolute atomic E-state index is 11.9. The minimum Gasteiger partial charge on any atom is -0.504 e. The van der Waals surface area contributed by atoms with Gasteiger partial charge in [-0.2, -0.15) is 5.10 Å². The van der Waals surface area contributed by atoms with E-state index in [1.165, 1.54) is 31.5 Å². The Morgan fingerprint density at radius 1 is 1.27 bits per heavy atom. The lowest BCUT2D eigenvalue weighted by molar-refractivity contribution is 0.0955. The first-order chi connectivity index (χ1) is 10.5. The summed E-state index contributed by atoms with van der Waals surface area (Å²) in [5.74, 6) is -0.149. The van der Waals surface area contributed by atoms with Crippen molar-refractivity contribution in [2.45, 2.75) is 0 Å². The summed E-state index contributed by atoms with van der Waals surface area (Å²) in [6.07, 6.45) is 1.38. The first kappa shape index (κ1) is 16.1. The van der Waals surface area contributed by atoms with Crippen LogP contribution in [0.3, 0.4) is 0 Å². The molecule has 0 aliphatic rings. The first-order valence-corrected chi connectivity index (χ1v) is 6.92. The largest absolute Gasteiger partial charge is 0.504 e. The lowest BCUT2D eigenvalue weighted by Gasteiger charge is -2.04. The number of benzene rings is 2. The van der Waals surface area contributed by atoms with Gasteiger partial charge < -0.3 is 9.84 Å². The van der Waals surface area contributed by atoms with Gasteiger partial charge in [-0.1, -0.05) is 23.2 Å². The molecule has 0 aliphatic carbocycles. The van der Waals surface area contributed by atoms with Gasteiger partial charge in [-0.05, 0) is 42.0 Å². The Morgan fingerprint density at radius 2 is 2.05 bits per heavy atom. The molecule has 2 N–H and O–H groups in total. The molecule has 7 heteroatoms. The molecule has 0 fully saturated rings. The van der Waals surface area contributed by atoms with E-state index in [1.807, 2.05) is 0 Å². The fourth-order valence-electron chi connectivity index (χ4n) is 1.68. The molecule has 0 heterocycles. The number of carbonyl (C=O) groups is 1. The number of hydrazone groups is 1. The van der Waals surface area contributed by atoms with Crippen LogP contribution >= 0.6 is 23.2 Å². The lowest BCUT2D eigenvalue weighted by Crippen LogP contribution is -2.18. The zero-order valence-corrected chi connectivity index (χ0v) is 13.0. The van der Waals surface area contributed by atoms with Crippen molar-refractivity contribution in [1.29, 1.82) is 0 Å². The number of amides is 1. The third-order valence-electron chi connectivity index (χ3n) is 2.76. The second kappa shape index (κ2) is 7.15. The van der Waals surface area contributed by atoms with Gasteiger partial charge in [-0.15, -0.1) is 0 Å². The van der Waals surface area contributed by atoms with Crippen LogP contribution in [0.15, 0.2) is 41.5 Å². The van der Waals surface area contributed by atoms with Crippen LogP contribution in [0.1, 0.15) is 15.9 Å². The minimum atomic E-state index is -0.485. The Morgan fingerprint density at radius 3 is 2.73 bits per heavy atom. The van der Waals surface area contributed by atoms with E-state index in [0.717, 1.165) is 0 Å². The number of phenols is 1. The molecule has 114 valence electrons. The van der Waals surface area contributed by atoms with E-state index in [2.05, 4.69) is 10.5 Å². The van der Waals surface area contributed by atoms with Gasteiger partial charge in [0, 0.05) is 5.02 Å². The second-order valence-corrected chi connectivity index (χ2v) is 5.10. The molecule has 22 heavy (non-hydrogen) atoms. The summed E-state index contributed by atoms with van der Waals surface area (Å²) in [6.45, 7) is 0. The topological polar surface area (TPSA) is 70.9 Å². The second-order valence-electron chi connectivity index (χ2n) is 4.25. The third-order valence-corrected chi connectivity index (χ3v) is 3.32. The number of phenolic OH excluding ortho intramolecular Hbond substituents is 1. The van der Waals surface area contributed by atoms with Crippen molar-refractivity contribution in [3.8, 4) is 11.5 Å². The number of carbonyl (C=O) groups excluding carboxylic acids is 1. The summed E-state index contributed by atoms with van der Waals surface area (Å²) >= 11 is 11.7. The van der Waals surface area contributed by atoms with E-state index < -0.39 is 5.91 Å². The zero-order valence-electron chi connectivity index (χ0n) is 11.5. The Balaban J connectivity index is 2.07. The van der Waals surface area contributed by atoms with Crippen LogP contribution in [0.25, 0.3) is 0 Å². The molecule has 5 nitrogen and oxygen atoms in total. The molecule has 0 saturated heterocycles. The highest BCUT2D eigenvalue weighted by molar-refractivity contribution is 6.35. The molecule has 0 bridgehead atoms. The molecule has 1 amide bonds. The SMILES string of the molecule is COc1ccc(/C=N\NC(=O)c2cc(Cl)ccc2Cl)cc1O. The number of nitrogens with zero attached hydrogens (tertiary/aromatic N) is 1. The number of ether oxygens (including phenoxy) is 1. The van der Waals surface area contributed by atoms with Gasteiger partial charge in [0.2, 0.25) is 0 Å². The van der Waals surface area contributed by atoms with Gasteiger partial charge in [0.25, 0.3) is 5.91 Å². The summed E-state index contributed by atoms with van der Waals surface area (Å²) in [6, 6.07) is 9.30. The van der Waals surface area contributed by atoms with Crippen molar-refractivity contribution in [3.63, 3.8) is 0 Å². The molecule has 2 aromatic rings. The van der Waals surface area contributed by atoms with Crippen LogP contribution < -0.4 is 10.2 Å². The van der Waals surface area contributed by atoms with E-state index in [9.17, 15) is 9.90 Å². The van der Waals surface area contributed by atoms with Crippen molar-refractivity contribution < 1.29 is 14.6 Å². The highest BCUT2D eigenvalue weighted by atomic mass is 35.5. The number of methoxy groups -OCH3 is 1. The molecular formula is C15H12Cl2N2O3. The standard InChI is InChI=1S/C15H12Cl2N2O3/c1-22-14-5-2-9(6-13(14)20)8-18-19-15(21)11-7-10(16)3-4-12(11)17/h2-8,20H,1H3,(H,19,21)/b18-8-. The summed E-state index contributed by atoms with van der Waals surface area (Å²) in [7, 11) is 1.46. The number of halogens is 2. The first-order valence-electron chi connectivity index (χ1n) is 6.16. The summed E-state index contributed by atoms with van der Waals surface area (Å²) in [5, 5.41) is 14.1. The van der Waals surface area contributed by atoms with E-state index in [1.54, 1.807) is 18.2 Å². The number of aromatic hydroxyl groups is 1. The predicted molar refractivity (Wildman–Crippen MR) is 86.2 cm³/mol. The van der Waals surface area contributed by atoms with Crippen molar-refractivity contribution in [2.24, 2.45) is 5.10 Å². The highest BCUT2D eigenvalue weighted by Gasteiger charge is 2.10. The van der Waals surface area contributed by atoms with Crippen LogP contribution in [0, 0.1) is 0 Å². The predicted octanol–water partition coefficient (Wildman–Crippen LogP) is 3.47. The Hall–Kier alpha value is -2.24. The van der Waals surface area contributed by atoms with Gasteiger partial charge in [0.05, 0.1) is 23.9 Å². The van der Waals surface area contributed by atoms with Crippen LogP contribution in [0.2, 0.25) is 10.0 Å². The average molecular weight is 339 g/mol.